The standard InChI is InChI=1S/C26H29BrN4O4S2/c1-5-12-31-23(16(3)35-18-9-7-17(27)8-10-18)29-30-26(31)36-14-21(32)28-24-22(25(33)34-4)19-11-6-15(2)13-20(19)37-24/h5,7-10,15-16H,1,6,11-14H2,2-4H3,(H,28,32). The number of amides is 1. The maximum atomic E-state index is 12.9. The van der Waals surface area contributed by atoms with Crippen LogP contribution in [0.2, 0.25) is 0 Å². The zero-order valence-electron chi connectivity index (χ0n) is 21.0. The van der Waals surface area contributed by atoms with Gasteiger partial charge in [-0.15, -0.1) is 28.1 Å². The fraction of sp³-hybridized carbons (Fsp3) is 0.385. The molecule has 0 fully saturated rings. The molecule has 4 rings (SSSR count). The van der Waals surface area contributed by atoms with Crippen LogP contribution in [0.5, 0.6) is 5.75 Å². The van der Waals surface area contributed by atoms with Gasteiger partial charge < -0.3 is 14.8 Å². The third-order valence-corrected chi connectivity index (χ3v) is 8.70. The molecule has 2 atom stereocenters. The number of anilines is 1. The van der Waals surface area contributed by atoms with Crippen molar-refractivity contribution in [2.24, 2.45) is 5.92 Å². The van der Waals surface area contributed by atoms with Crippen molar-refractivity contribution < 1.29 is 19.1 Å². The SMILES string of the molecule is C=CCn1c(SCC(=O)Nc2sc3c(c2C(=O)OC)CCC(C)C3)nnc1C(C)Oc1ccc(Br)cc1. The molecule has 8 nitrogen and oxygen atoms in total. The lowest BCUT2D eigenvalue weighted by molar-refractivity contribution is -0.113. The maximum absolute atomic E-state index is 12.9. The van der Waals surface area contributed by atoms with E-state index in [0.29, 0.717) is 39.8 Å². The molecule has 1 aliphatic carbocycles. The molecule has 1 aliphatic rings. The highest BCUT2D eigenvalue weighted by Crippen LogP contribution is 2.40. The third kappa shape index (κ3) is 6.45. The molecule has 2 heterocycles. The minimum absolute atomic E-state index is 0.108. The Morgan fingerprint density at radius 1 is 1.35 bits per heavy atom. The normalized spacial score (nSPS) is 15.5. The number of carbonyl (C=O) groups excluding carboxylic acids is 2. The van der Waals surface area contributed by atoms with Crippen molar-refractivity contribution in [2.75, 3.05) is 18.2 Å². The zero-order valence-corrected chi connectivity index (χ0v) is 24.2. The lowest BCUT2D eigenvalue weighted by Crippen LogP contribution is -2.17. The Morgan fingerprint density at radius 2 is 2.11 bits per heavy atom. The summed E-state index contributed by atoms with van der Waals surface area (Å²) in [6.07, 6.45) is 4.13. The van der Waals surface area contributed by atoms with E-state index in [-0.39, 0.29) is 17.8 Å². The van der Waals surface area contributed by atoms with E-state index >= 15 is 0 Å². The van der Waals surface area contributed by atoms with E-state index in [4.69, 9.17) is 9.47 Å². The monoisotopic (exact) mass is 604 g/mol. The fourth-order valence-corrected chi connectivity index (χ4v) is 6.66. The van der Waals surface area contributed by atoms with Gasteiger partial charge >= 0.3 is 5.97 Å². The van der Waals surface area contributed by atoms with Crippen LogP contribution in [0.1, 0.15) is 53.0 Å². The van der Waals surface area contributed by atoms with Crippen LogP contribution < -0.4 is 10.1 Å². The molecule has 0 radical (unpaired) electrons. The van der Waals surface area contributed by atoms with Gasteiger partial charge in [0, 0.05) is 15.9 Å². The molecule has 196 valence electrons. The average molecular weight is 606 g/mol. The number of nitrogens with zero attached hydrogens (tertiary/aromatic N) is 3. The highest BCUT2D eigenvalue weighted by Gasteiger charge is 2.29. The smallest absolute Gasteiger partial charge is 0.341 e. The van der Waals surface area contributed by atoms with Crippen LogP contribution >= 0.6 is 39.0 Å². The molecular weight excluding hydrogens is 576 g/mol. The summed E-state index contributed by atoms with van der Waals surface area (Å²) in [4.78, 5) is 26.6. The Hall–Kier alpha value is -2.63. The van der Waals surface area contributed by atoms with Crippen LogP contribution in [0.3, 0.4) is 0 Å². The first kappa shape index (κ1) is 27.4. The number of aromatic nitrogens is 3. The number of benzene rings is 1. The summed E-state index contributed by atoms with van der Waals surface area (Å²) in [5.41, 5.74) is 1.50. The number of thioether (sulfide) groups is 1. The van der Waals surface area contributed by atoms with E-state index in [1.54, 1.807) is 6.08 Å². The molecule has 1 N–H and O–H groups in total. The van der Waals surface area contributed by atoms with Gasteiger partial charge in [0.1, 0.15) is 10.8 Å². The molecule has 1 aromatic carbocycles. The van der Waals surface area contributed by atoms with E-state index in [1.165, 1.54) is 30.2 Å². The van der Waals surface area contributed by atoms with Gasteiger partial charge in [-0.2, -0.15) is 0 Å². The molecule has 2 aromatic heterocycles. The van der Waals surface area contributed by atoms with Gasteiger partial charge in [0.25, 0.3) is 0 Å². The van der Waals surface area contributed by atoms with E-state index in [1.807, 2.05) is 35.8 Å². The summed E-state index contributed by atoms with van der Waals surface area (Å²) in [7, 11) is 1.37. The van der Waals surface area contributed by atoms with Gasteiger partial charge in [-0.1, -0.05) is 40.7 Å². The number of carbonyl (C=O) groups is 2. The number of nitrogens with one attached hydrogen (secondary N) is 1. The lowest BCUT2D eigenvalue weighted by atomic mass is 9.88. The van der Waals surface area contributed by atoms with Gasteiger partial charge in [0.05, 0.1) is 18.4 Å². The summed E-state index contributed by atoms with van der Waals surface area (Å²) in [6.45, 7) is 8.42. The van der Waals surface area contributed by atoms with Crippen molar-refractivity contribution in [2.45, 2.75) is 50.9 Å². The first-order chi connectivity index (χ1) is 17.8. The maximum Gasteiger partial charge on any atom is 0.341 e. The minimum Gasteiger partial charge on any atom is -0.483 e. The summed E-state index contributed by atoms with van der Waals surface area (Å²) >= 11 is 6.17. The Balaban J connectivity index is 1.45. The second kappa shape index (κ2) is 12.3. The number of allylic oxidation sites excluding steroid dienone is 1. The van der Waals surface area contributed by atoms with Crippen LogP contribution in [0, 0.1) is 5.92 Å². The molecule has 0 aliphatic heterocycles. The highest BCUT2D eigenvalue weighted by atomic mass is 79.9. The molecule has 11 heteroatoms. The van der Waals surface area contributed by atoms with Crippen LogP contribution in [0.15, 0.2) is 46.5 Å². The molecule has 2 unspecified atom stereocenters. The minimum atomic E-state index is -0.412. The summed E-state index contributed by atoms with van der Waals surface area (Å²) < 4.78 is 13.9. The van der Waals surface area contributed by atoms with Crippen molar-refractivity contribution in [1.29, 1.82) is 0 Å². The molecule has 0 bridgehead atoms. The van der Waals surface area contributed by atoms with Crippen LogP contribution in [-0.4, -0.2) is 39.5 Å². The number of fused-ring (bicyclic) bond motifs is 1. The van der Waals surface area contributed by atoms with Gasteiger partial charge in [-0.25, -0.2) is 4.79 Å². The van der Waals surface area contributed by atoms with Gasteiger partial charge in [-0.3, -0.25) is 9.36 Å². The number of esters is 1. The largest absolute Gasteiger partial charge is 0.483 e. The number of ether oxygens (including phenoxy) is 2. The second-order valence-corrected chi connectivity index (χ2v) is 11.8. The number of thiophene rings is 1. The summed E-state index contributed by atoms with van der Waals surface area (Å²) in [5.74, 6) is 1.37. The number of halogens is 1. The molecule has 1 amide bonds. The first-order valence-corrected chi connectivity index (χ1v) is 14.5. The summed E-state index contributed by atoms with van der Waals surface area (Å²) in [6, 6.07) is 7.57. The Morgan fingerprint density at radius 3 is 2.81 bits per heavy atom. The van der Waals surface area contributed by atoms with E-state index in [0.717, 1.165) is 34.2 Å². The molecule has 0 saturated heterocycles. The van der Waals surface area contributed by atoms with Crippen molar-refractivity contribution in [3.8, 4) is 5.75 Å². The van der Waals surface area contributed by atoms with Crippen molar-refractivity contribution in [3.05, 3.63) is 63.2 Å². The highest BCUT2D eigenvalue weighted by molar-refractivity contribution is 9.10. The lowest BCUT2D eigenvalue weighted by Gasteiger charge is -2.18. The van der Waals surface area contributed by atoms with Crippen LogP contribution in [0.4, 0.5) is 5.00 Å². The van der Waals surface area contributed by atoms with Gasteiger partial charge in [0.15, 0.2) is 17.1 Å². The van der Waals surface area contributed by atoms with Gasteiger partial charge in [-0.05, 0) is 61.9 Å². The molecular formula is C26H29BrN4O4S2. The van der Waals surface area contributed by atoms with Crippen LogP contribution in [0.25, 0.3) is 0 Å². The summed E-state index contributed by atoms with van der Waals surface area (Å²) in [5, 5.41) is 12.7. The van der Waals surface area contributed by atoms with E-state index < -0.39 is 5.97 Å². The molecule has 3 aromatic rings. The molecule has 0 spiro atoms. The number of methoxy groups -OCH3 is 1. The fourth-order valence-electron chi connectivity index (χ4n) is 4.23. The van der Waals surface area contributed by atoms with Crippen LogP contribution in [-0.2, 0) is 28.9 Å². The predicted octanol–water partition coefficient (Wildman–Crippen LogP) is 6.07. The first-order valence-electron chi connectivity index (χ1n) is 11.9. The quantitative estimate of drug-likeness (QED) is 0.170. The van der Waals surface area contributed by atoms with Crippen molar-refractivity contribution >= 4 is 55.9 Å². The Labute approximate surface area is 233 Å². The van der Waals surface area contributed by atoms with E-state index in [9.17, 15) is 9.59 Å². The molecule has 0 saturated carbocycles. The Bertz CT molecular complexity index is 1290. The van der Waals surface area contributed by atoms with Crippen molar-refractivity contribution in [1.82, 2.24) is 14.8 Å². The average Bonchev–Trinajstić information content (AvgIpc) is 3.44. The number of hydrogen-bond donors (Lipinski definition) is 1. The van der Waals surface area contributed by atoms with E-state index in [2.05, 4.69) is 44.9 Å². The van der Waals surface area contributed by atoms with Crippen molar-refractivity contribution in [3.63, 3.8) is 0 Å². The molecule has 37 heavy (non-hydrogen) atoms. The number of hydrogen-bond acceptors (Lipinski definition) is 8. The van der Waals surface area contributed by atoms with Gasteiger partial charge in [0.2, 0.25) is 5.91 Å². The zero-order chi connectivity index (χ0) is 26.5. The number of rotatable bonds is 10. The predicted molar refractivity (Wildman–Crippen MR) is 150 cm³/mol. The topological polar surface area (TPSA) is 95.3 Å². The third-order valence-electron chi connectivity index (χ3n) is 6.03. The second-order valence-electron chi connectivity index (χ2n) is 8.84. The Kier molecular flexibility index (Phi) is 9.09.